The van der Waals surface area contributed by atoms with Crippen molar-refractivity contribution in [1.29, 1.82) is 0 Å². The second-order valence-electron chi connectivity index (χ2n) is 5.00. The van der Waals surface area contributed by atoms with Gasteiger partial charge in [0, 0.05) is 13.1 Å². The normalized spacial score (nSPS) is 24.8. The molecular formula is C14H20N2O2. The van der Waals surface area contributed by atoms with Crippen LogP contribution < -0.4 is 10.6 Å². The van der Waals surface area contributed by atoms with Crippen molar-refractivity contribution >= 4 is 5.91 Å². The summed E-state index contributed by atoms with van der Waals surface area (Å²) in [7, 11) is 0. The summed E-state index contributed by atoms with van der Waals surface area (Å²) in [5.41, 5.74) is 0.207. The van der Waals surface area contributed by atoms with E-state index in [0.717, 1.165) is 12.1 Å². The smallest absolute Gasteiger partial charge is 0.227 e. The van der Waals surface area contributed by atoms with Gasteiger partial charge in [0.25, 0.3) is 0 Å². The predicted octanol–water partition coefficient (Wildman–Crippen LogP) is 0.631. The van der Waals surface area contributed by atoms with Crippen LogP contribution in [0.25, 0.3) is 0 Å². The summed E-state index contributed by atoms with van der Waals surface area (Å²) >= 11 is 0. The van der Waals surface area contributed by atoms with E-state index in [9.17, 15) is 9.90 Å². The van der Waals surface area contributed by atoms with E-state index >= 15 is 0 Å². The quantitative estimate of drug-likeness (QED) is 0.732. The number of hydrogen-bond acceptors (Lipinski definition) is 3. The maximum absolute atomic E-state index is 12.0. The Morgan fingerprint density at radius 1 is 1.50 bits per heavy atom. The lowest BCUT2D eigenvalue weighted by Crippen LogP contribution is -2.45. The Bertz CT molecular complexity index is 400. The lowest BCUT2D eigenvalue weighted by atomic mass is 9.99. The van der Waals surface area contributed by atoms with Crippen molar-refractivity contribution in [1.82, 2.24) is 10.6 Å². The van der Waals surface area contributed by atoms with E-state index in [1.807, 2.05) is 37.3 Å². The number of amides is 1. The molecule has 0 radical (unpaired) electrons. The third-order valence-corrected chi connectivity index (χ3v) is 3.51. The highest BCUT2D eigenvalue weighted by atomic mass is 16.3. The number of carbonyl (C=O) groups excluding carboxylic acids is 1. The average Bonchev–Trinajstić information content (AvgIpc) is 2.83. The van der Waals surface area contributed by atoms with Crippen LogP contribution in [-0.4, -0.2) is 36.2 Å². The highest BCUT2D eigenvalue weighted by molar-refractivity contribution is 5.83. The Labute approximate surface area is 107 Å². The van der Waals surface area contributed by atoms with Crippen LogP contribution in [0.2, 0.25) is 0 Å². The van der Waals surface area contributed by atoms with Crippen LogP contribution in [0.5, 0.6) is 0 Å². The molecule has 4 heteroatoms. The summed E-state index contributed by atoms with van der Waals surface area (Å²) in [5.74, 6) is -0.231. The van der Waals surface area contributed by atoms with Crippen LogP contribution in [0.1, 0.15) is 24.8 Å². The number of β-amino-alcohol motifs (C(OH)–C–C–N with tert-alkyl or cyclic N) is 1. The molecule has 1 aromatic rings. The molecule has 0 aliphatic carbocycles. The Balaban J connectivity index is 1.88. The minimum atomic E-state index is -0.786. The second-order valence-corrected chi connectivity index (χ2v) is 5.00. The molecule has 98 valence electrons. The molecule has 1 aliphatic heterocycles. The number of benzene rings is 1. The topological polar surface area (TPSA) is 61.4 Å². The van der Waals surface area contributed by atoms with Gasteiger partial charge in [0.15, 0.2) is 0 Å². The van der Waals surface area contributed by atoms with Crippen LogP contribution in [0.3, 0.4) is 0 Å². The van der Waals surface area contributed by atoms with Gasteiger partial charge < -0.3 is 15.7 Å². The predicted molar refractivity (Wildman–Crippen MR) is 70.3 cm³/mol. The van der Waals surface area contributed by atoms with Gasteiger partial charge in [-0.2, -0.15) is 0 Å². The van der Waals surface area contributed by atoms with Gasteiger partial charge in [-0.05, 0) is 25.5 Å². The van der Waals surface area contributed by atoms with E-state index in [1.165, 1.54) is 0 Å². The molecule has 1 saturated heterocycles. The minimum Gasteiger partial charge on any atom is -0.387 e. The molecule has 1 aliphatic rings. The SMILES string of the molecule is CC(C(=O)NCC1(O)CCNC1)c1ccccc1. The van der Waals surface area contributed by atoms with Crippen molar-refractivity contribution in [3.05, 3.63) is 35.9 Å². The highest BCUT2D eigenvalue weighted by Crippen LogP contribution is 2.16. The number of nitrogens with one attached hydrogen (secondary N) is 2. The Kier molecular flexibility index (Phi) is 3.99. The molecule has 2 rings (SSSR count). The van der Waals surface area contributed by atoms with Gasteiger partial charge in [0.1, 0.15) is 0 Å². The van der Waals surface area contributed by atoms with Crippen LogP contribution >= 0.6 is 0 Å². The zero-order valence-corrected chi connectivity index (χ0v) is 10.6. The summed E-state index contributed by atoms with van der Waals surface area (Å²) in [4.78, 5) is 12.0. The molecule has 0 bridgehead atoms. The molecule has 1 aromatic carbocycles. The number of carbonyl (C=O) groups is 1. The average molecular weight is 248 g/mol. The molecule has 1 amide bonds. The zero-order valence-electron chi connectivity index (χ0n) is 10.6. The van der Waals surface area contributed by atoms with Crippen molar-refractivity contribution in [2.24, 2.45) is 0 Å². The molecule has 0 spiro atoms. The van der Waals surface area contributed by atoms with Gasteiger partial charge in [0.2, 0.25) is 5.91 Å². The Morgan fingerprint density at radius 2 is 2.22 bits per heavy atom. The van der Waals surface area contributed by atoms with Crippen molar-refractivity contribution in [2.75, 3.05) is 19.6 Å². The van der Waals surface area contributed by atoms with Crippen molar-refractivity contribution < 1.29 is 9.90 Å². The summed E-state index contributed by atoms with van der Waals surface area (Å²) in [6.07, 6.45) is 0.687. The van der Waals surface area contributed by atoms with Gasteiger partial charge in [-0.25, -0.2) is 0 Å². The van der Waals surface area contributed by atoms with E-state index in [4.69, 9.17) is 0 Å². The van der Waals surface area contributed by atoms with Crippen molar-refractivity contribution in [3.8, 4) is 0 Å². The Hall–Kier alpha value is -1.39. The number of rotatable bonds is 4. The van der Waals surface area contributed by atoms with Crippen LogP contribution in [-0.2, 0) is 4.79 Å². The largest absolute Gasteiger partial charge is 0.387 e. The summed E-state index contributed by atoms with van der Waals surface area (Å²) in [6, 6.07) is 9.66. The van der Waals surface area contributed by atoms with E-state index in [-0.39, 0.29) is 11.8 Å². The van der Waals surface area contributed by atoms with Gasteiger partial charge in [-0.15, -0.1) is 0 Å². The van der Waals surface area contributed by atoms with Crippen LogP contribution in [0, 0.1) is 0 Å². The van der Waals surface area contributed by atoms with Crippen LogP contribution in [0.15, 0.2) is 30.3 Å². The maximum Gasteiger partial charge on any atom is 0.227 e. The molecule has 0 saturated carbocycles. The lowest BCUT2D eigenvalue weighted by Gasteiger charge is -2.22. The molecule has 0 aromatic heterocycles. The molecule has 3 N–H and O–H groups in total. The fourth-order valence-electron chi connectivity index (χ4n) is 2.18. The summed E-state index contributed by atoms with van der Waals surface area (Å²) in [5, 5.41) is 16.0. The minimum absolute atomic E-state index is 0.0403. The number of hydrogen-bond donors (Lipinski definition) is 3. The second kappa shape index (κ2) is 5.50. The summed E-state index contributed by atoms with van der Waals surface area (Å²) < 4.78 is 0. The maximum atomic E-state index is 12.0. The molecular weight excluding hydrogens is 228 g/mol. The molecule has 18 heavy (non-hydrogen) atoms. The summed E-state index contributed by atoms with van der Waals surface area (Å²) in [6.45, 7) is 3.55. The third-order valence-electron chi connectivity index (χ3n) is 3.51. The van der Waals surface area contributed by atoms with Crippen molar-refractivity contribution in [3.63, 3.8) is 0 Å². The Morgan fingerprint density at radius 3 is 2.83 bits per heavy atom. The van der Waals surface area contributed by atoms with Gasteiger partial charge in [-0.3, -0.25) is 4.79 Å². The van der Waals surface area contributed by atoms with E-state index in [0.29, 0.717) is 19.5 Å². The van der Waals surface area contributed by atoms with Gasteiger partial charge in [-0.1, -0.05) is 30.3 Å². The van der Waals surface area contributed by atoms with E-state index < -0.39 is 5.60 Å². The highest BCUT2D eigenvalue weighted by Gasteiger charge is 2.31. The number of aliphatic hydroxyl groups is 1. The molecule has 4 nitrogen and oxygen atoms in total. The lowest BCUT2D eigenvalue weighted by molar-refractivity contribution is -0.123. The van der Waals surface area contributed by atoms with E-state index in [2.05, 4.69) is 10.6 Å². The zero-order chi connectivity index (χ0) is 13.0. The monoisotopic (exact) mass is 248 g/mol. The van der Waals surface area contributed by atoms with Crippen molar-refractivity contribution in [2.45, 2.75) is 24.9 Å². The molecule has 2 unspecified atom stereocenters. The third kappa shape index (κ3) is 3.09. The molecule has 2 atom stereocenters. The molecule has 1 heterocycles. The molecule has 1 fully saturated rings. The van der Waals surface area contributed by atoms with E-state index in [1.54, 1.807) is 0 Å². The first kappa shape index (κ1) is 13.1. The fourth-order valence-corrected chi connectivity index (χ4v) is 2.18. The first-order valence-electron chi connectivity index (χ1n) is 6.36. The standard InChI is InChI=1S/C14H20N2O2/c1-11(12-5-3-2-4-6-12)13(17)16-10-14(18)7-8-15-9-14/h2-6,11,15,18H,7-10H2,1H3,(H,16,17). The van der Waals surface area contributed by atoms with Gasteiger partial charge in [0.05, 0.1) is 11.5 Å². The van der Waals surface area contributed by atoms with Crippen LogP contribution in [0.4, 0.5) is 0 Å². The first-order chi connectivity index (χ1) is 8.61. The van der Waals surface area contributed by atoms with Gasteiger partial charge >= 0.3 is 0 Å². The first-order valence-corrected chi connectivity index (χ1v) is 6.36. The fraction of sp³-hybridized carbons (Fsp3) is 0.500.